The van der Waals surface area contributed by atoms with Crippen LogP contribution in [0.1, 0.15) is 5.56 Å². The van der Waals surface area contributed by atoms with E-state index in [4.69, 9.17) is 12.2 Å². The molecule has 1 aromatic rings. The molecule has 0 spiro atoms. The van der Waals surface area contributed by atoms with E-state index in [2.05, 4.69) is 28.0 Å². The molecule has 0 bridgehead atoms. The zero-order valence-corrected chi connectivity index (χ0v) is 10.4. The maximum absolute atomic E-state index is 5.15. The molecule has 72 valence electrons. The molecule has 0 aromatic heterocycles. The topological polar surface area (TPSA) is 12.4 Å². The number of thioether (sulfide) groups is 1. The monoisotopic (exact) mass is 257 g/mol. The molecular formula is C9H7NS4. The minimum absolute atomic E-state index is 0.913. The zero-order chi connectivity index (χ0) is 9.80. The summed E-state index contributed by atoms with van der Waals surface area (Å²) in [6.45, 7) is 0. The summed E-state index contributed by atoms with van der Waals surface area (Å²) in [6.07, 6.45) is 0. The number of hydrogen-bond acceptors (Lipinski definition) is 4. The van der Waals surface area contributed by atoms with Crippen molar-refractivity contribution in [1.29, 1.82) is 0 Å². The first-order valence-electron chi connectivity index (χ1n) is 3.98. The van der Waals surface area contributed by atoms with Crippen LogP contribution in [0.5, 0.6) is 0 Å². The summed E-state index contributed by atoms with van der Waals surface area (Å²) >= 11 is 9.81. The van der Waals surface area contributed by atoms with Crippen LogP contribution in [-0.2, 0) is 16.9 Å². The highest BCUT2D eigenvalue weighted by atomic mass is 32.2. The summed E-state index contributed by atoms with van der Waals surface area (Å²) in [6, 6.07) is 10.4. The van der Waals surface area contributed by atoms with Crippen molar-refractivity contribution in [1.82, 2.24) is 0 Å². The van der Waals surface area contributed by atoms with E-state index in [9.17, 15) is 0 Å². The van der Waals surface area contributed by atoms with E-state index in [-0.39, 0.29) is 0 Å². The molecule has 2 rings (SSSR count). The van der Waals surface area contributed by atoms with Gasteiger partial charge in [0.2, 0.25) is 0 Å². The fourth-order valence-corrected chi connectivity index (χ4v) is 4.15. The van der Waals surface area contributed by atoms with Crippen molar-refractivity contribution in [3.05, 3.63) is 35.9 Å². The molecule has 1 nitrogen and oxygen atoms in total. The lowest BCUT2D eigenvalue weighted by atomic mass is 10.2. The Morgan fingerprint density at radius 1 is 1.29 bits per heavy atom. The number of rotatable bonds is 2. The van der Waals surface area contributed by atoms with E-state index >= 15 is 0 Å². The molecule has 0 saturated heterocycles. The molecule has 0 N–H and O–H groups in total. The predicted molar refractivity (Wildman–Crippen MR) is 72.7 cm³/mol. The van der Waals surface area contributed by atoms with Gasteiger partial charge in [0.15, 0.2) is 0 Å². The molecule has 0 fully saturated rings. The van der Waals surface area contributed by atoms with Crippen molar-refractivity contribution in [2.24, 2.45) is 3.77 Å². The maximum Gasteiger partial charge on any atom is 0.120 e. The third-order valence-electron chi connectivity index (χ3n) is 1.62. The maximum atomic E-state index is 5.15. The van der Waals surface area contributed by atoms with Gasteiger partial charge in [-0.3, -0.25) is 0 Å². The van der Waals surface area contributed by atoms with Crippen LogP contribution in [-0.4, -0.2) is 8.39 Å². The van der Waals surface area contributed by atoms with E-state index < -0.39 is 0 Å². The fourth-order valence-electron chi connectivity index (χ4n) is 0.969. The van der Waals surface area contributed by atoms with Crippen molar-refractivity contribution in [3.63, 3.8) is 0 Å². The highest BCUT2D eigenvalue weighted by Crippen LogP contribution is 2.22. The van der Waals surface area contributed by atoms with E-state index in [1.165, 1.54) is 28.7 Å². The lowest BCUT2D eigenvalue weighted by Gasteiger charge is -1.99. The van der Waals surface area contributed by atoms with Gasteiger partial charge in [0.25, 0.3) is 0 Å². The summed E-state index contributed by atoms with van der Waals surface area (Å²) in [4.78, 5) is 0. The quantitative estimate of drug-likeness (QED) is 0.596. The second kappa shape index (κ2) is 5.11. The average Bonchev–Trinajstić information content (AvgIpc) is 2.63. The van der Waals surface area contributed by atoms with Crippen LogP contribution >= 0.6 is 35.9 Å². The molecule has 14 heavy (non-hydrogen) atoms. The van der Waals surface area contributed by atoms with E-state index in [0.29, 0.717) is 0 Å². The Morgan fingerprint density at radius 2 is 2.07 bits per heavy atom. The molecule has 0 atom stereocenters. The molecule has 0 amide bonds. The summed E-state index contributed by atoms with van der Waals surface area (Å²) in [5.41, 5.74) is 1.32. The van der Waals surface area contributed by atoms with E-state index in [1.807, 2.05) is 6.07 Å². The third kappa shape index (κ3) is 2.70. The van der Waals surface area contributed by atoms with Crippen molar-refractivity contribution in [2.75, 3.05) is 0 Å². The molecular weight excluding hydrogens is 250 g/mol. The van der Waals surface area contributed by atoms with Gasteiger partial charge in [-0.15, -0.1) is 11.8 Å². The van der Waals surface area contributed by atoms with Crippen LogP contribution < -0.4 is 0 Å². The Morgan fingerprint density at radius 3 is 2.71 bits per heavy atom. The van der Waals surface area contributed by atoms with Crippen LogP contribution in [0.15, 0.2) is 34.1 Å². The normalized spacial score (nSPS) is 15.1. The number of nitrogens with zero attached hydrogens (tertiary/aromatic N) is 1. The van der Waals surface area contributed by atoms with Crippen molar-refractivity contribution in [3.8, 4) is 0 Å². The number of thiocarbonyl (C=S) groups is 1. The standard InChI is InChI=1S/C9H7NS4/c11-8-9(14-10-13-8)12-6-7-4-2-1-3-5-7/h1-5H,6H2. The second-order valence-electron chi connectivity index (χ2n) is 2.61. The van der Waals surface area contributed by atoms with Gasteiger partial charge in [-0.2, -0.15) is 3.77 Å². The lowest BCUT2D eigenvalue weighted by Crippen LogP contribution is -1.98. The molecule has 0 unspecified atom stereocenters. The van der Waals surface area contributed by atoms with Gasteiger partial charge in [0, 0.05) is 17.7 Å². The SMILES string of the molecule is S=C1SN=S=C1SCc1ccccc1. The Labute approximate surface area is 101 Å². The number of hydrogen-bond donors (Lipinski definition) is 0. The summed E-state index contributed by atoms with van der Waals surface area (Å²) in [7, 11) is 0. The van der Waals surface area contributed by atoms with Crippen molar-refractivity contribution in [2.45, 2.75) is 5.75 Å². The summed E-state index contributed by atoms with van der Waals surface area (Å²) < 4.78 is 6.17. The van der Waals surface area contributed by atoms with Crippen LogP contribution in [0.25, 0.3) is 0 Å². The first-order chi connectivity index (χ1) is 6.86. The molecule has 1 aliphatic heterocycles. The largest absolute Gasteiger partial charge is 0.153 e. The van der Waals surface area contributed by atoms with Gasteiger partial charge >= 0.3 is 0 Å². The van der Waals surface area contributed by atoms with Crippen LogP contribution in [0.4, 0.5) is 0 Å². The Balaban J connectivity index is 1.96. The third-order valence-corrected chi connectivity index (χ3v) is 5.42. The van der Waals surface area contributed by atoms with Gasteiger partial charge in [-0.1, -0.05) is 42.5 Å². The fraction of sp³-hybridized carbons (Fsp3) is 0.111. The molecule has 0 radical (unpaired) electrons. The number of benzene rings is 1. The Bertz CT molecular complexity index is 406. The van der Waals surface area contributed by atoms with Crippen molar-refractivity contribution < 1.29 is 0 Å². The zero-order valence-electron chi connectivity index (χ0n) is 7.17. The Kier molecular flexibility index (Phi) is 3.81. The van der Waals surface area contributed by atoms with E-state index in [0.717, 1.165) is 14.1 Å². The molecule has 1 heterocycles. The van der Waals surface area contributed by atoms with Crippen molar-refractivity contribution >= 4 is 55.5 Å². The van der Waals surface area contributed by atoms with Gasteiger partial charge in [0.05, 0.1) is 0 Å². The summed E-state index contributed by atoms with van der Waals surface area (Å²) in [5.74, 6) is 0.972. The molecule has 1 aliphatic rings. The molecule has 5 heteroatoms. The molecule has 0 aliphatic carbocycles. The summed E-state index contributed by atoms with van der Waals surface area (Å²) in [5, 5.41) is 0. The average molecular weight is 257 g/mol. The second-order valence-corrected chi connectivity index (χ2v) is 6.29. The first kappa shape index (κ1) is 10.4. The molecule has 0 saturated carbocycles. The minimum atomic E-state index is 0.913. The van der Waals surface area contributed by atoms with Crippen LogP contribution in [0.2, 0.25) is 0 Å². The van der Waals surface area contributed by atoms with Gasteiger partial charge in [0.1, 0.15) is 8.39 Å². The van der Waals surface area contributed by atoms with Crippen LogP contribution in [0, 0.1) is 0 Å². The highest BCUT2D eigenvalue weighted by molar-refractivity contribution is 8.39. The van der Waals surface area contributed by atoms with Gasteiger partial charge in [-0.05, 0) is 16.7 Å². The highest BCUT2D eigenvalue weighted by Gasteiger charge is 2.11. The molecule has 1 aromatic carbocycles. The first-order valence-corrected chi connectivity index (χ1v) is 6.93. The van der Waals surface area contributed by atoms with Crippen LogP contribution in [0.3, 0.4) is 0 Å². The van der Waals surface area contributed by atoms with Gasteiger partial charge in [-0.25, -0.2) is 0 Å². The smallest absolute Gasteiger partial charge is 0.120 e. The lowest BCUT2D eigenvalue weighted by molar-refractivity contribution is 1.43. The predicted octanol–water partition coefficient (Wildman–Crippen LogP) is 3.31. The van der Waals surface area contributed by atoms with Gasteiger partial charge < -0.3 is 0 Å². The minimum Gasteiger partial charge on any atom is -0.153 e. The Hall–Kier alpha value is -0.100. The van der Waals surface area contributed by atoms with E-state index in [1.54, 1.807) is 11.8 Å².